The number of hydrazine groups is 1. The highest BCUT2D eigenvalue weighted by Gasteiger charge is 2.20. The van der Waals surface area contributed by atoms with Gasteiger partial charge in [0.15, 0.2) is 29.0 Å². The normalized spacial score (nSPS) is 12.6. The summed E-state index contributed by atoms with van der Waals surface area (Å²) in [7, 11) is 0. The molecule has 2 heterocycles. The Morgan fingerprint density at radius 1 is 1.35 bits per heavy atom. The van der Waals surface area contributed by atoms with E-state index in [4.69, 9.17) is 15.3 Å². The number of aryl methyl sites for hydroxylation is 1. The zero-order valence-electron chi connectivity index (χ0n) is 10.4. The molecule has 0 fully saturated rings. The van der Waals surface area contributed by atoms with E-state index >= 15 is 0 Å². The van der Waals surface area contributed by atoms with Crippen molar-refractivity contribution in [1.29, 1.82) is 0 Å². The minimum atomic E-state index is -0.573. The minimum absolute atomic E-state index is 0.0544. The van der Waals surface area contributed by atoms with Gasteiger partial charge in [-0.05, 0) is 35.0 Å². The second kappa shape index (κ2) is 4.88. The van der Waals surface area contributed by atoms with Gasteiger partial charge in [0.2, 0.25) is 6.79 Å². The summed E-state index contributed by atoms with van der Waals surface area (Å²) in [5.41, 5.74) is 3.09. The fraction of sp³-hybridized carbons (Fsp3) is 0.167. The van der Waals surface area contributed by atoms with Crippen LogP contribution in [0.15, 0.2) is 16.6 Å². The van der Waals surface area contributed by atoms with Crippen LogP contribution in [0, 0.1) is 12.7 Å². The lowest BCUT2D eigenvalue weighted by Crippen LogP contribution is -2.13. The molecule has 1 aliphatic rings. The van der Waals surface area contributed by atoms with Gasteiger partial charge in [-0.2, -0.15) is 0 Å². The van der Waals surface area contributed by atoms with Gasteiger partial charge in [-0.3, -0.25) is 0 Å². The summed E-state index contributed by atoms with van der Waals surface area (Å²) in [4.78, 5) is 8.17. The van der Waals surface area contributed by atoms with E-state index in [1.54, 1.807) is 19.1 Å². The van der Waals surface area contributed by atoms with E-state index in [9.17, 15) is 4.39 Å². The van der Waals surface area contributed by atoms with Crippen LogP contribution in [0.3, 0.4) is 0 Å². The van der Waals surface area contributed by atoms with E-state index in [0.717, 1.165) is 4.47 Å². The molecule has 104 valence electrons. The van der Waals surface area contributed by atoms with Gasteiger partial charge in [-0.25, -0.2) is 20.2 Å². The lowest BCUT2D eigenvalue weighted by atomic mass is 10.2. The molecule has 0 saturated heterocycles. The molecule has 0 bridgehead atoms. The summed E-state index contributed by atoms with van der Waals surface area (Å²) in [5, 5.41) is 0. The summed E-state index contributed by atoms with van der Waals surface area (Å²) in [6.07, 6.45) is 0. The Morgan fingerprint density at radius 3 is 2.90 bits per heavy atom. The molecule has 8 heteroatoms. The number of fused-ring (bicyclic) bond motifs is 1. The van der Waals surface area contributed by atoms with Gasteiger partial charge in [0.25, 0.3) is 0 Å². The smallest absolute Gasteiger partial charge is 0.231 e. The molecule has 0 radical (unpaired) electrons. The van der Waals surface area contributed by atoms with Gasteiger partial charge in [0, 0.05) is 5.56 Å². The molecule has 0 amide bonds. The van der Waals surface area contributed by atoms with Crippen molar-refractivity contribution in [2.75, 3.05) is 12.2 Å². The highest BCUT2D eigenvalue weighted by Crippen LogP contribution is 2.42. The number of nitrogen functional groups attached to an aromatic ring is 1. The highest BCUT2D eigenvalue weighted by molar-refractivity contribution is 9.10. The molecule has 0 saturated carbocycles. The maximum atomic E-state index is 13.7. The number of ether oxygens (including phenoxy) is 2. The van der Waals surface area contributed by atoms with Crippen LogP contribution < -0.4 is 20.7 Å². The Balaban J connectivity index is 2.14. The van der Waals surface area contributed by atoms with Gasteiger partial charge < -0.3 is 14.9 Å². The predicted molar refractivity (Wildman–Crippen MR) is 73.8 cm³/mol. The maximum Gasteiger partial charge on any atom is 0.231 e. The van der Waals surface area contributed by atoms with Gasteiger partial charge in [0.05, 0.1) is 10.2 Å². The average Bonchev–Trinajstić information content (AvgIpc) is 2.90. The van der Waals surface area contributed by atoms with Crippen LogP contribution in [0.1, 0.15) is 5.69 Å². The summed E-state index contributed by atoms with van der Waals surface area (Å²) in [5.74, 6) is 6.18. The summed E-state index contributed by atoms with van der Waals surface area (Å²) >= 11 is 3.39. The van der Waals surface area contributed by atoms with E-state index in [-0.39, 0.29) is 18.3 Å². The topological polar surface area (TPSA) is 82.3 Å². The number of benzene rings is 1. The van der Waals surface area contributed by atoms with E-state index in [1.165, 1.54) is 0 Å². The Bertz CT molecular complexity index is 687. The molecule has 2 aromatic rings. The molecule has 0 aliphatic carbocycles. The number of halogens is 2. The zero-order valence-corrected chi connectivity index (χ0v) is 12.0. The van der Waals surface area contributed by atoms with Crippen LogP contribution in [0.25, 0.3) is 11.4 Å². The monoisotopic (exact) mass is 340 g/mol. The maximum absolute atomic E-state index is 13.7. The second-order valence-corrected chi connectivity index (χ2v) is 4.99. The number of hydrogen-bond donors (Lipinski definition) is 2. The molecule has 20 heavy (non-hydrogen) atoms. The summed E-state index contributed by atoms with van der Waals surface area (Å²) in [6.45, 7) is 1.71. The van der Waals surface area contributed by atoms with E-state index in [0.29, 0.717) is 22.9 Å². The standard InChI is InChI=1S/C12H10BrFN4O2/c1-5-9(14)12(18-15)17-11(16-5)6-2-7(13)10-8(3-6)19-4-20-10/h2-3H,4,15H2,1H3,(H,16,17,18). The Hall–Kier alpha value is -1.93. The molecule has 0 spiro atoms. The van der Waals surface area contributed by atoms with Gasteiger partial charge >= 0.3 is 0 Å². The number of aromatic nitrogens is 2. The van der Waals surface area contributed by atoms with Crippen molar-refractivity contribution in [2.45, 2.75) is 6.92 Å². The van der Waals surface area contributed by atoms with Crippen LogP contribution in [-0.4, -0.2) is 16.8 Å². The van der Waals surface area contributed by atoms with Crippen molar-refractivity contribution >= 4 is 21.7 Å². The molecule has 1 aliphatic heterocycles. The highest BCUT2D eigenvalue weighted by atomic mass is 79.9. The number of rotatable bonds is 2. The molecule has 0 atom stereocenters. The van der Waals surface area contributed by atoms with E-state index in [1.807, 2.05) is 0 Å². The largest absolute Gasteiger partial charge is 0.454 e. The van der Waals surface area contributed by atoms with Crippen LogP contribution >= 0.6 is 15.9 Å². The quantitative estimate of drug-likeness (QED) is 0.645. The van der Waals surface area contributed by atoms with Gasteiger partial charge in [-0.1, -0.05) is 0 Å². The Morgan fingerprint density at radius 2 is 2.15 bits per heavy atom. The minimum Gasteiger partial charge on any atom is -0.454 e. The second-order valence-electron chi connectivity index (χ2n) is 4.13. The van der Waals surface area contributed by atoms with Gasteiger partial charge in [-0.15, -0.1) is 0 Å². The zero-order chi connectivity index (χ0) is 14.3. The summed E-state index contributed by atoms with van der Waals surface area (Å²) in [6, 6.07) is 3.51. The van der Waals surface area contributed by atoms with Crippen LogP contribution in [-0.2, 0) is 0 Å². The van der Waals surface area contributed by atoms with Crippen molar-refractivity contribution in [2.24, 2.45) is 5.84 Å². The van der Waals surface area contributed by atoms with Crippen molar-refractivity contribution in [3.63, 3.8) is 0 Å². The number of nitrogens with one attached hydrogen (secondary N) is 1. The molecule has 0 unspecified atom stereocenters. The third-order valence-corrected chi connectivity index (χ3v) is 3.43. The van der Waals surface area contributed by atoms with Crippen molar-refractivity contribution in [3.05, 3.63) is 28.1 Å². The molecule has 1 aromatic heterocycles. The number of nitrogens with two attached hydrogens (primary N) is 1. The lowest BCUT2D eigenvalue weighted by Gasteiger charge is -2.08. The van der Waals surface area contributed by atoms with Gasteiger partial charge in [0.1, 0.15) is 0 Å². The van der Waals surface area contributed by atoms with Crippen LogP contribution in [0.2, 0.25) is 0 Å². The van der Waals surface area contributed by atoms with Crippen LogP contribution in [0.4, 0.5) is 10.2 Å². The predicted octanol–water partition coefficient (Wildman–Crippen LogP) is 2.37. The number of anilines is 1. The molecule has 6 nitrogen and oxygen atoms in total. The third kappa shape index (κ3) is 2.06. The number of nitrogens with zero attached hydrogens (tertiary/aromatic N) is 2. The first-order chi connectivity index (χ1) is 9.60. The first-order valence-electron chi connectivity index (χ1n) is 5.70. The average molecular weight is 341 g/mol. The first-order valence-corrected chi connectivity index (χ1v) is 6.49. The SMILES string of the molecule is Cc1nc(-c2cc(Br)c3c(c2)OCO3)nc(NN)c1F. The van der Waals surface area contributed by atoms with E-state index in [2.05, 4.69) is 31.3 Å². The van der Waals surface area contributed by atoms with Crippen molar-refractivity contribution < 1.29 is 13.9 Å². The molecule has 3 rings (SSSR count). The lowest BCUT2D eigenvalue weighted by molar-refractivity contribution is 0.173. The van der Waals surface area contributed by atoms with Crippen molar-refractivity contribution in [1.82, 2.24) is 9.97 Å². The number of hydrogen-bond acceptors (Lipinski definition) is 6. The molecular weight excluding hydrogens is 331 g/mol. The molecule has 1 aromatic carbocycles. The fourth-order valence-electron chi connectivity index (χ4n) is 1.88. The first kappa shape index (κ1) is 13.1. The summed E-state index contributed by atoms with van der Waals surface area (Å²) < 4.78 is 25.0. The molecule has 3 N–H and O–H groups in total. The molecular formula is C12H10BrFN4O2. The third-order valence-electron chi connectivity index (χ3n) is 2.84. The fourth-order valence-corrected chi connectivity index (χ4v) is 2.44. The Labute approximate surface area is 122 Å². The van der Waals surface area contributed by atoms with Crippen molar-refractivity contribution in [3.8, 4) is 22.9 Å². The van der Waals surface area contributed by atoms with Crippen LogP contribution in [0.5, 0.6) is 11.5 Å². The Kier molecular flexibility index (Phi) is 3.19. The van der Waals surface area contributed by atoms with E-state index < -0.39 is 5.82 Å².